The van der Waals surface area contributed by atoms with Crippen LogP contribution in [0.15, 0.2) is 53.8 Å². The van der Waals surface area contributed by atoms with Gasteiger partial charge in [0.25, 0.3) is 11.8 Å². The van der Waals surface area contributed by atoms with Crippen LogP contribution < -0.4 is 5.32 Å². The lowest BCUT2D eigenvalue weighted by Crippen LogP contribution is -2.30. The number of hydrogen-bond donors (Lipinski definition) is 3. The third-order valence-electron chi connectivity index (χ3n) is 4.88. The fraction of sp³-hybridized carbons (Fsp3) is 0.227. The van der Waals surface area contributed by atoms with E-state index in [9.17, 15) is 19.5 Å². The first-order chi connectivity index (χ1) is 14.8. The van der Waals surface area contributed by atoms with Crippen LogP contribution in [0.25, 0.3) is 0 Å². The number of carboxylic acid groups (broad SMARTS) is 1. The van der Waals surface area contributed by atoms with Gasteiger partial charge in [0, 0.05) is 13.1 Å². The number of benzene rings is 2. The molecule has 1 aliphatic rings. The highest BCUT2D eigenvalue weighted by Gasteiger charge is 2.33. The second kappa shape index (κ2) is 9.85. The molecule has 0 aliphatic carbocycles. The Labute approximate surface area is 188 Å². The van der Waals surface area contributed by atoms with Crippen LogP contribution in [-0.4, -0.2) is 46.0 Å². The quantitative estimate of drug-likeness (QED) is 0.519. The van der Waals surface area contributed by atoms with Gasteiger partial charge in [0.1, 0.15) is 0 Å². The van der Waals surface area contributed by atoms with E-state index in [1.54, 1.807) is 24.3 Å². The van der Waals surface area contributed by atoms with Crippen molar-refractivity contribution in [2.24, 2.45) is 0 Å². The van der Waals surface area contributed by atoms with Crippen LogP contribution in [0, 0.1) is 0 Å². The van der Waals surface area contributed by atoms with Gasteiger partial charge < -0.3 is 20.4 Å². The van der Waals surface area contributed by atoms with Gasteiger partial charge in [-0.15, -0.1) is 0 Å². The van der Waals surface area contributed by atoms with Crippen LogP contribution in [0.3, 0.4) is 0 Å². The number of aromatic carboxylic acids is 1. The van der Waals surface area contributed by atoms with E-state index in [-0.39, 0.29) is 24.2 Å². The number of aliphatic hydroxyl groups excluding tert-OH is 1. The molecular weight excluding hydrogens is 443 g/mol. The summed E-state index contributed by atoms with van der Waals surface area (Å²) < 4.78 is 0. The van der Waals surface area contributed by atoms with Gasteiger partial charge in [-0.3, -0.25) is 9.59 Å². The van der Waals surface area contributed by atoms with E-state index in [2.05, 4.69) is 5.32 Å². The van der Waals surface area contributed by atoms with Crippen LogP contribution in [-0.2, 0) is 22.6 Å². The number of aliphatic hydroxyl groups is 1. The molecule has 2 amide bonds. The molecule has 3 rings (SSSR count). The maximum absolute atomic E-state index is 12.4. The Kier molecular flexibility index (Phi) is 7.20. The lowest BCUT2D eigenvalue weighted by atomic mass is 10.1. The van der Waals surface area contributed by atoms with Crippen LogP contribution in [0.2, 0.25) is 10.0 Å². The number of nitrogens with zero attached hydrogens (tertiary/aromatic N) is 1. The van der Waals surface area contributed by atoms with E-state index in [0.717, 1.165) is 5.56 Å². The van der Waals surface area contributed by atoms with Crippen molar-refractivity contribution in [2.75, 3.05) is 13.1 Å². The van der Waals surface area contributed by atoms with E-state index in [1.807, 2.05) is 6.07 Å². The molecule has 2 aromatic carbocycles. The maximum atomic E-state index is 12.4. The third-order valence-corrected chi connectivity index (χ3v) is 5.62. The minimum absolute atomic E-state index is 0.0155. The van der Waals surface area contributed by atoms with Gasteiger partial charge in [0.15, 0.2) is 5.76 Å². The molecule has 0 unspecified atom stereocenters. The average molecular weight is 463 g/mol. The van der Waals surface area contributed by atoms with Gasteiger partial charge in [-0.05, 0) is 48.2 Å². The van der Waals surface area contributed by atoms with Crippen LogP contribution in [0.1, 0.15) is 27.9 Å². The average Bonchev–Trinajstić information content (AvgIpc) is 3.02. The molecule has 31 heavy (non-hydrogen) atoms. The van der Waals surface area contributed by atoms with Gasteiger partial charge in [-0.1, -0.05) is 41.4 Å². The second-order valence-corrected chi connectivity index (χ2v) is 7.91. The van der Waals surface area contributed by atoms with Crippen molar-refractivity contribution in [1.82, 2.24) is 10.2 Å². The molecule has 0 saturated carbocycles. The highest BCUT2D eigenvalue weighted by Crippen LogP contribution is 2.23. The summed E-state index contributed by atoms with van der Waals surface area (Å²) in [5.74, 6) is -2.74. The van der Waals surface area contributed by atoms with E-state index in [0.29, 0.717) is 35.0 Å². The third kappa shape index (κ3) is 5.57. The molecule has 0 aromatic heterocycles. The Morgan fingerprint density at radius 3 is 2.35 bits per heavy atom. The summed E-state index contributed by atoms with van der Waals surface area (Å²) >= 11 is 11.9. The summed E-state index contributed by atoms with van der Waals surface area (Å²) in [5.41, 5.74) is 1.83. The van der Waals surface area contributed by atoms with Crippen molar-refractivity contribution >= 4 is 41.0 Å². The first-order valence-corrected chi connectivity index (χ1v) is 10.3. The Bertz CT molecular complexity index is 1050. The zero-order valence-electron chi connectivity index (χ0n) is 16.4. The lowest BCUT2D eigenvalue weighted by molar-refractivity contribution is -0.128. The molecule has 0 bridgehead atoms. The molecular formula is C22H20Cl2N2O5. The number of carbonyl (C=O) groups is 3. The van der Waals surface area contributed by atoms with E-state index in [1.165, 1.54) is 17.0 Å². The number of amides is 2. The maximum Gasteiger partial charge on any atom is 0.335 e. The molecule has 0 saturated heterocycles. The zero-order chi connectivity index (χ0) is 22.5. The van der Waals surface area contributed by atoms with Crippen molar-refractivity contribution in [3.63, 3.8) is 0 Å². The van der Waals surface area contributed by atoms with Gasteiger partial charge in [-0.2, -0.15) is 0 Å². The fourth-order valence-electron chi connectivity index (χ4n) is 3.19. The molecule has 162 valence electrons. The van der Waals surface area contributed by atoms with Gasteiger partial charge in [0.05, 0.1) is 27.7 Å². The van der Waals surface area contributed by atoms with Crippen molar-refractivity contribution in [1.29, 1.82) is 0 Å². The SMILES string of the molecule is O=C(NCCCc1ccc(Cl)c(Cl)c1)C1=C(O)C(=O)N(Cc2ccc(C(=O)O)cc2)C1. The molecule has 1 aliphatic heterocycles. The van der Waals surface area contributed by atoms with Crippen molar-refractivity contribution in [2.45, 2.75) is 19.4 Å². The number of aryl methyl sites for hydroxylation is 1. The molecule has 0 spiro atoms. The summed E-state index contributed by atoms with van der Waals surface area (Å²) in [6.07, 6.45) is 1.32. The van der Waals surface area contributed by atoms with Crippen molar-refractivity contribution in [3.8, 4) is 0 Å². The van der Waals surface area contributed by atoms with E-state index < -0.39 is 23.5 Å². The van der Waals surface area contributed by atoms with Crippen LogP contribution >= 0.6 is 23.2 Å². The van der Waals surface area contributed by atoms with E-state index in [4.69, 9.17) is 28.3 Å². The smallest absolute Gasteiger partial charge is 0.335 e. The summed E-state index contributed by atoms with van der Waals surface area (Å²) in [7, 11) is 0. The molecule has 9 heteroatoms. The number of rotatable bonds is 8. The second-order valence-electron chi connectivity index (χ2n) is 7.10. The fourth-order valence-corrected chi connectivity index (χ4v) is 3.51. The first kappa shape index (κ1) is 22.7. The minimum Gasteiger partial charge on any atom is -0.503 e. The summed E-state index contributed by atoms with van der Waals surface area (Å²) in [6.45, 7) is 0.488. The monoisotopic (exact) mass is 462 g/mol. The Hall–Kier alpha value is -3.03. The topological polar surface area (TPSA) is 107 Å². The number of nitrogens with one attached hydrogen (secondary N) is 1. The predicted octanol–water partition coefficient (Wildman–Crippen LogP) is 3.59. The number of hydrogen-bond acceptors (Lipinski definition) is 4. The van der Waals surface area contributed by atoms with Gasteiger partial charge in [-0.25, -0.2) is 4.79 Å². The standard InChI is InChI=1S/C22H20Cl2N2O5/c23-17-8-5-13(10-18(17)24)2-1-9-25-20(28)16-12-26(21(29)19(16)27)11-14-3-6-15(7-4-14)22(30)31/h3-8,10,27H,1-2,9,11-12H2,(H,25,28)(H,30,31). The molecule has 0 radical (unpaired) electrons. The largest absolute Gasteiger partial charge is 0.503 e. The van der Waals surface area contributed by atoms with Crippen LogP contribution in [0.5, 0.6) is 0 Å². The summed E-state index contributed by atoms with van der Waals surface area (Å²) in [6, 6.07) is 11.4. The van der Waals surface area contributed by atoms with E-state index >= 15 is 0 Å². The number of halogens is 2. The Morgan fingerprint density at radius 1 is 1.03 bits per heavy atom. The number of carbonyl (C=O) groups excluding carboxylic acids is 2. The summed E-state index contributed by atoms with van der Waals surface area (Å²) in [5, 5.41) is 22.7. The highest BCUT2D eigenvalue weighted by molar-refractivity contribution is 6.42. The molecule has 7 nitrogen and oxygen atoms in total. The van der Waals surface area contributed by atoms with Crippen molar-refractivity contribution in [3.05, 3.63) is 80.5 Å². The molecule has 2 aromatic rings. The predicted molar refractivity (Wildman–Crippen MR) is 116 cm³/mol. The molecule has 1 heterocycles. The zero-order valence-corrected chi connectivity index (χ0v) is 17.9. The van der Waals surface area contributed by atoms with Gasteiger partial charge >= 0.3 is 5.97 Å². The Morgan fingerprint density at radius 2 is 1.71 bits per heavy atom. The Balaban J connectivity index is 1.51. The highest BCUT2D eigenvalue weighted by atomic mass is 35.5. The normalized spacial score (nSPS) is 13.6. The molecule has 0 fully saturated rings. The molecule has 3 N–H and O–H groups in total. The molecule has 0 atom stereocenters. The first-order valence-electron chi connectivity index (χ1n) is 9.52. The number of carboxylic acids is 1. The lowest BCUT2D eigenvalue weighted by Gasteiger charge is -2.16. The van der Waals surface area contributed by atoms with Crippen LogP contribution in [0.4, 0.5) is 0 Å². The van der Waals surface area contributed by atoms with Crippen molar-refractivity contribution < 1.29 is 24.6 Å². The van der Waals surface area contributed by atoms with Gasteiger partial charge in [0.2, 0.25) is 0 Å². The minimum atomic E-state index is -1.04. The summed E-state index contributed by atoms with van der Waals surface area (Å²) in [4.78, 5) is 37.0.